The summed E-state index contributed by atoms with van der Waals surface area (Å²) in [5, 5.41) is 5.09. The monoisotopic (exact) mass is 346 g/mol. The largest absolute Gasteiger partial charge is 0.322 e. The molecule has 1 aliphatic carbocycles. The first kappa shape index (κ1) is 17.0. The van der Waals surface area contributed by atoms with Crippen molar-refractivity contribution in [2.75, 3.05) is 10.6 Å². The fourth-order valence-corrected chi connectivity index (χ4v) is 2.82. The molecule has 1 aliphatic rings. The minimum Gasteiger partial charge on any atom is -0.322 e. The number of carbonyl (C=O) groups excluding carboxylic acids is 4. The number of ketones is 2. The Morgan fingerprint density at radius 2 is 1.12 bits per heavy atom. The standard InChI is InChI=1S/C20H14N2O4/c1-3-15(23)21-13-9-5-7-11-17(13)19(25)12-8-6-10-14(18(12)20(11)26)22-16(24)4-2/h3-10H,1-2H2,(H,21,23)(H,22,24). The van der Waals surface area contributed by atoms with Gasteiger partial charge in [-0.3, -0.25) is 19.2 Å². The van der Waals surface area contributed by atoms with Gasteiger partial charge >= 0.3 is 0 Å². The molecular formula is C20H14N2O4. The minimum absolute atomic E-state index is 0.118. The zero-order valence-electron chi connectivity index (χ0n) is 13.7. The van der Waals surface area contributed by atoms with Gasteiger partial charge in [-0.2, -0.15) is 0 Å². The van der Waals surface area contributed by atoms with Crippen LogP contribution in [0.25, 0.3) is 0 Å². The van der Waals surface area contributed by atoms with Crippen LogP contribution in [-0.2, 0) is 9.59 Å². The number of benzene rings is 2. The number of anilines is 2. The number of hydrogen-bond acceptors (Lipinski definition) is 4. The number of amides is 2. The Hall–Kier alpha value is -3.80. The van der Waals surface area contributed by atoms with Gasteiger partial charge in [0.1, 0.15) is 0 Å². The Morgan fingerprint density at radius 3 is 1.46 bits per heavy atom. The SMILES string of the molecule is C=CC(=O)Nc1cccc2c1C(=O)c1cccc(NC(=O)C=C)c1C2=O. The molecule has 2 amide bonds. The summed E-state index contributed by atoms with van der Waals surface area (Å²) < 4.78 is 0. The number of carbonyl (C=O) groups is 4. The van der Waals surface area contributed by atoms with Crippen LogP contribution in [0.15, 0.2) is 61.7 Å². The van der Waals surface area contributed by atoms with Crippen LogP contribution in [0, 0.1) is 0 Å². The fourth-order valence-electron chi connectivity index (χ4n) is 2.82. The lowest BCUT2D eigenvalue weighted by Gasteiger charge is -2.22. The van der Waals surface area contributed by atoms with Crippen LogP contribution >= 0.6 is 0 Å². The molecule has 6 nitrogen and oxygen atoms in total. The molecule has 128 valence electrons. The maximum absolute atomic E-state index is 13.0. The Morgan fingerprint density at radius 1 is 0.731 bits per heavy atom. The van der Waals surface area contributed by atoms with E-state index < -0.39 is 23.4 Å². The van der Waals surface area contributed by atoms with Crippen LogP contribution in [-0.4, -0.2) is 23.4 Å². The molecule has 0 bridgehead atoms. The number of hydrogen-bond donors (Lipinski definition) is 2. The highest BCUT2D eigenvalue weighted by atomic mass is 16.2. The topological polar surface area (TPSA) is 92.3 Å². The molecular weight excluding hydrogens is 332 g/mol. The molecule has 0 aliphatic heterocycles. The summed E-state index contributed by atoms with van der Waals surface area (Å²) in [6.07, 6.45) is 2.15. The van der Waals surface area contributed by atoms with E-state index >= 15 is 0 Å². The van der Waals surface area contributed by atoms with Crippen LogP contribution in [0.5, 0.6) is 0 Å². The van der Waals surface area contributed by atoms with Crippen LogP contribution in [0.2, 0.25) is 0 Å². The molecule has 0 unspecified atom stereocenters. The summed E-state index contributed by atoms with van der Waals surface area (Å²) in [6.45, 7) is 6.75. The Kier molecular flexibility index (Phi) is 4.33. The van der Waals surface area contributed by atoms with Crippen LogP contribution in [0.1, 0.15) is 31.8 Å². The predicted octanol–water partition coefficient (Wildman–Crippen LogP) is 2.71. The van der Waals surface area contributed by atoms with Crippen LogP contribution < -0.4 is 10.6 Å². The first-order valence-corrected chi connectivity index (χ1v) is 7.70. The van der Waals surface area contributed by atoms with Crippen molar-refractivity contribution in [2.45, 2.75) is 0 Å². The van der Waals surface area contributed by atoms with E-state index in [1.807, 2.05) is 0 Å². The molecule has 0 fully saturated rings. The normalized spacial score (nSPS) is 11.8. The van der Waals surface area contributed by atoms with Gasteiger partial charge in [-0.1, -0.05) is 37.4 Å². The summed E-state index contributed by atoms with van der Waals surface area (Å²) in [4.78, 5) is 49.2. The van der Waals surface area contributed by atoms with Gasteiger partial charge in [0.2, 0.25) is 11.8 Å². The van der Waals surface area contributed by atoms with E-state index in [0.717, 1.165) is 12.2 Å². The van der Waals surface area contributed by atoms with E-state index in [1.165, 1.54) is 12.1 Å². The average Bonchev–Trinajstić information content (AvgIpc) is 2.65. The molecule has 6 heteroatoms. The summed E-state index contributed by atoms with van der Waals surface area (Å²) >= 11 is 0. The summed E-state index contributed by atoms with van der Waals surface area (Å²) in [7, 11) is 0. The second kappa shape index (κ2) is 6.60. The first-order chi connectivity index (χ1) is 12.5. The lowest BCUT2D eigenvalue weighted by Crippen LogP contribution is -2.25. The number of rotatable bonds is 4. The highest BCUT2D eigenvalue weighted by Crippen LogP contribution is 2.35. The fraction of sp³-hybridized carbons (Fsp3) is 0. The molecule has 0 aromatic heterocycles. The molecule has 3 rings (SSSR count). The van der Waals surface area contributed by atoms with E-state index in [4.69, 9.17) is 0 Å². The van der Waals surface area contributed by atoms with Crippen LogP contribution in [0.4, 0.5) is 11.4 Å². The van der Waals surface area contributed by atoms with Gasteiger partial charge in [0.15, 0.2) is 11.6 Å². The van der Waals surface area contributed by atoms with Gasteiger partial charge in [-0.25, -0.2) is 0 Å². The molecule has 0 spiro atoms. The van der Waals surface area contributed by atoms with Crippen molar-refractivity contribution in [1.29, 1.82) is 0 Å². The van der Waals surface area contributed by atoms with E-state index in [0.29, 0.717) is 0 Å². The Balaban J connectivity index is 2.17. The third-order valence-corrected chi connectivity index (χ3v) is 3.96. The third kappa shape index (κ3) is 2.73. The highest BCUT2D eigenvalue weighted by molar-refractivity contribution is 6.32. The van der Waals surface area contributed by atoms with Crippen molar-refractivity contribution in [1.82, 2.24) is 0 Å². The van der Waals surface area contributed by atoms with Gasteiger partial charge in [0.05, 0.1) is 22.5 Å². The molecule has 0 saturated heterocycles. The maximum Gasteiger partial charge on any atom is 0.247 e. The molecule has 26 heavy (non-hydrogen) atoms. The van der Waals surface area contributed by atoms with Gasteiger partial charge in [0, 0.05) is 11.1 Å². The third-order valence-electron chi connectivity index (χ3n) is 3.96. The maximum atomic E-state index is 13.0. The summed E-state index contributed by atoms with van der Waals surface area (Å²) in [6, 6.07) is 9.24. The van der Waals surface area contributed by atoms with Crippen molar-refractivity contribution < 1.29 is 19.2 Å². The number of fused-ring (bicyclic) bond motifs is 2. The van der Waals surface area contributed by atoms with E-state index in [2.05, 4.69) is 23.8 Å². The second-order valence-electron chi connectivity index (χ2n) is 5.50. The first-order valence-electron chi connectivity index (χ1n) is 7.70. The highest BCUT2D eigenvalue weighted by Gasteiger charge is 2.33. The predicted molar refractivity (Wildman–Crippen MR) is 97.4 cm³/mol. The molecule has 0 atom stereocenters. The zero-order valence-corrected chi connectivity index (χ0v) is 13.7. The van der Waals surface area contributed by atoms with Crippen molar-refractivity contribution in [3.05, 3.63) is 84.0 Å². The Labute approximate surface area is 149 Å². The van der Waals surface area contributed by atoms with E-state index in [-0.39, 0.29) is 33.6 Å². The van der Waals surface area contributed by atoms with Crippen molar-refractivity contribution in [3.63, 3.8) is 0 Å². The van der Waals surface area contributed by atoms with E-state index in [9.17, 15) is 19.2 Å². The average molecular weight is 346 g/mol. The van der Waals surface area contributed by atoms with Crippen molar-refractivity contribution in [3.8, 4) is 0 Å². The molecule has 2 aromatic rings. The quantitative estimate of drug-likeness (QED) is 0.711. The molecule has 2 N–H and O–H groups in total. The summed E-state index contributed by atoms with van der Waals surface area (Å²) in [5.41, 5.74) is 1.02. The van der Waals surface area contributed by atoms with Crippen LogP contribution in [0.3, 0.4) is 0 Å². The van der Waals surface area contributed by atoms with Gasteiger partial charge < -0.3 is 10.6 Å². The second-order valence-corrected chi connectivity index (χ2v) is 5.50. The molecule has 0 saturated carbocycles. The molecule has 0 radical (unpaired) electrons. The van der Waals surface area contributed by atoms with Gasteiger partial charge in [-0.05, 0) is 24.3 Å². The molecule has 2 aromatic carbocycles. The lowest BCUT2D eigenvalue weighted by atomic mass is 9.82. The Bertz CT molecular complexity index is 923. The lowest BCUT2D eigenvalue weighted by molar-refractivity contribution is -0.112. The van der Waals surface area contributed by atoms with Gasteiger partial charge in [-0.15, -0.1) is 0 Å². The zero-order chi connectivity index (χ0) is 18.8. The summed E-state index contributed by atoms with van der Waals surface area (Å²) in [5.74, 6) is -1.80. The minimum atomic E-state index is -0.489. The molecule has 0 heterocycles. The smallest absolute Gasteiger partial charge is 0.247 e. The van der Waals surface area contributed by atoms with Crippen molar-refractivity contribution in [2.24, 2.45) is 0 Å². The van der Waals surface area contributed by atoms with Crippen molar-refractivity contribution >= 4 is 34.8 Å². The van der Waals surface area contributed by atoms with Gasteiger partial charge in [0.25, 0.3) is 0 Å². The number of nitrogens with one attached hydrogen (secondary N) is 2. The van der Waals surface area contributed by atoms with E-state index in [1.54, 1.807) is 24.3 Å².